The fourth-order valence-corrected chi connectivity index (χ4v) is 5.61. The molecule has 3 atom stereocenters. The number of hydrogen-bond acceptors (Lipinski definition) is 6. The Hall–Kier alpha value is -2.41. The molecule has 0 aliphatic heterocycles. The zero-order valence-corrected chi connectivity index (χ0v) is 17.6. The molecule has 2 aliphatic carbocycles. The third-order valence-electron chi connectivity index (χ3n) is 6.07. The van der Waals surface area contributed by atoms with Crippen LogP contribution in [-0.2, 0) is 20.9 Å². The average Bonchev–Trinajstić information content (AvgIpc) is 3.44. The molecule has 2 fully saturated rings. The zero-order chi connectivity index (χ0) is 20.4. The third kappa shape index (κ3) is 4.29. The normalized spacial score (nSPS) is 22.5. The number of methoxy groups -OCH3 is 1. The lowest BCUT2D eigenvalue weighted by atomic mass is 9.86. The number of ether oxygens (including phenoxy) is 2. The van der Waals surface area contributed by atoms with E-state index in [1.54, 1.807) is 13.2 Å². The summed E-state index contributed by atoms with van der Waals surface area (Å²) in [5, 5.41) is 2.35. The van der Waals surface area contributed by atoms with Crippen molar-refractivity contribution in [2.45, 2.75) is 45.6 Å². The first kappa shape index (κ1) is 19.9. The summed E-state index contributed by atoms with van der Waals surface area (Å²) < 4.78 is 10.9. The third-order valence-corrected chi connectivity index (χ3v) is 6.94. The van der Waals surface area contributed by atoms with E-state index in [4.69, 9.17) is 9.47 Å². The first-order chi connectivity index (χ1) is 14.0. The number of carbonyl (C=O) groups is 2. The van der Waals surface area contributed by atoms with Gasteiger partial charge in [0.05, 0.1) is 18.5 Å². The van der Waals surface area contributed by atoms with Crippen molar-refractivity contribution in [3.63, 3.8) is 0 Å². The molecule has 1 heterocycles. The van der Waals surface area contributed by atoms with E-state index in [2.05, 4.69) is 4.98 Å². The minimum Gasteiger partial charge on any atom is -0.495 e. The number of benzene rings is 1. The lowest BCUT2D eigenvalue weighted by molar-refractivity contribution is -0.146. The Morgan fingerprint density at radius 2 is 2.07 bits per heavy atom. The van der Waals surface area contributed by atoms with Gasteiger partial charge in [-0.25, -0.2) is 4.98 Å². The first-order valence-electron chi connectivity index (χ1n) is 10.1. The average molecular weight is 415 g/mol. The Labute approximate surface area is 174 Å². The standard InChI is InChI=1S/C22H26N2O4S/c1-14(25)24(19-5-3-4-6-20(19)27-2)22-23-18(13-29-22)12-28-21(26)11-17-10-15-7-8-16(17)9-15/h3-6,13,15-17H,7-12H2,1-2H3/t15-,16+,17-/m0/s1. The van der Waals surface area contributed by atoms with Crippen LogP contribution in [0.4, 0.5) is 10.8 Å². The fraction of sp³-hybridized carbons (Fsp3) is 0.500. The van der Waals surface area contributed by atoms with Gasteiger partial charge in [0.25, 0.3) is 0 Å². The lowest BCUT2D eigenvalue weighted by Gasteiger charge is -2.20. The second-order valence-electron chi connectivity index (χ2n) is 7.95. The van der Waals surface area contributed by atoms with Gasteiger partial charge in [-0.1, -0.05) is 18.6 Å². The topological polar surface area (TPSA) is 68.7 Å². The van der Waals surface area contributed by atoms with Crippen molar-refractivity contribution >= 4 is 34.0 Å². The molecule has 2 saturated carbocycles. The van der Waals surface area contributed by atoms with E-state index in [1.807, 2.05) is 23.6 Å². The molecule has 1 amide bonds. The summed E-state index contributed by atoms with van der Waals surface area (Å²) in [6, 6.07) is 7.32. The van der Waals surface area contributed by atoms with E-state index in [1.165, 1.54) is 48.8 Å². The van der Waals surface area contributed by atoms with Crippen LogP contribution in [0.2, 0.25) is 0 Å². The molecule has 0 radical (unpaired) electrons. The molecular weight excluding hydrogens is 388 g/mol. The van der Waals surface area contributed by atoms with Gasteiger partial charge in [0.1, 0.15) is 12.4 Å². The molecule has 2 bridgehead atoms. The van der Waals surface area contributed by atoms with Crippen LogP contribution in [0.5, 0.6) is 5.75 Å². The van der Waals surface area contributed by atoms with Crippen molar-refractivity contribution in [2.24, 2.45) is 17.8 Å². The minimum atomic E-state index is -0.163. The summed E-state index contributed by atoms with van der Waals surface area (Å²) in [6.07, 6.45) is 5.57. The number of hydrogen-bond donors (Lipinski definition) is 0. The highest BCUT2D eigenvalue weighted by Gasteiger charge is 2.40. The monoisotopic (exact) mass is 414 g/mol. The zero-order valence-electron chi connectivity index (χ0n) is 16.8. The second-order valence-corrected chi connectivity index (χ2v) is 8.78. The predicted octanol–water partition coefficient (Wildman–Crippen LogP) is 4.71. The summed E-state index contributed by atoms with van der Waals surface area (Å²) in [7, 11) is 1.57. The Morgan fingerprint density at radius 1 is 1.24 bits per heavy atom. The molecule has 7 heteroatoms. The van der Waals surface area contributed by atoms with E-state index in [9.17, 15) is 9.59 Å². The highest BCUT2D eigenvalue weighted by molar-refractivity contribution is 7.14. The quantitative estimate of drug-likeness (QED) is 0.614. The number of amides is 1. The molecule has 0 spiro atoms. The summed E-state index contributed by atoms with van der Waals surface area (Å²) >= 11 is 1.34. The Morgan fingerprint density at radius 3 is 2.76 bits per heavy atom. The molecule has 0 unspecified atom stereocenters. The summed E-state index contributed by atoms with van der Waals surface area (Å²) in [6.45, 7) is 1.62. The van der Waals surface area contributed by atoms with E-state index in [0.717, 1.165) is 5.92 Å². The Kier molecular flexibility index (Phi) is 5.85. The maximum Gasteiger partial charge on any atom is 0.306 e. The molecule has 154 valence electrons. The largest absolute Gasteiger partial charge is 0.495 e. The summed E-state index contributed by atoms with van der Waals surface area (Å²) in [5.74, 6) is 2.31. The van der Waals surface area contributed by atoms with Crippen LogP contribution in [0.1, 0.15) is 44.7 Å². The number of para-hydroxylation sites is 2. The Bertz CT molecular complexity index is 896. The second kappa shape index (κ2) is 8.53. The fourth-order valence-electron chi connectivity index (χ4n) is 4.74. The van der Waals surface area contributed by atoms with Crippen molar-refractivity contribution in [2.75, 3.05) is 12.0 Å². The minimum absolute atomic E-state index is 0.133. The number of nitrogens with zero attached hydrogens (tertiary/aromatic N) is 2. The number of anilines is 2. The van der Waals surface area contributed by atoms with E-state index >= 15 is 0 Å². The van der Waals surface area contributed by atoms with E-state index < -0.39 is 0 Å². The van der Waals surface area contributed by atoms with Crippen molar-refractivity contribution in [3.05, 3.63) is 35.3 Å². The van der Waals surface area contributed by atoms with Crippen LogP contribution in [0.15, 0.2) is 29.6 Å². The molecule has 6 nitrogen and oxygen atoms in total. The van der Waals surface area contributed by atoms with Crippen molar-refractivity contribution in [1.29, 1.82) is 0 Å². The summed E-state index contributed by atoms with van der Waals surface area (Å²) in [5.41, 5.74) is 1.28. The van der Waals surface area contributed by atoms with Crippen LogP contribution >= 0.6 is 11.3 Å². The van der Waals surface area contributed by atoms with Crippen molar-refractivity contribution in [1.82, 2.24) is 4.98 Å². The van der Waals surface area contributed by atoms with Gasteiger partial charge in [-0.15, -0.1) is 11.3 Å². The summed E-state index contributed by atoms with van der Waals surface area (Å²) in [4.78, 5) is 30.6. The first-order valence-corrected chi connectivity index (χ1v) is 11.0. The van der Waals surface area contributed by atoms with Gasteiger partial charge in [-0.2, -0.15) is 0 Å². The maximum absolute atomic E-state index is 12.3. The highest BCUT2D eigenvalue weighted by atomic mass is 32.1. The van der Waals surface area contributed by atoms with E-state index in [-0.39, 0.29) is 18.5 Å². The molecule has 2 aromatic rings. The van der Waals surface area contributed by atoms with Crippen LogP contribution in [-0.4, -0.2) is 24.0 Å². The number of rotatable bonds is 7. The van der Waals surface area contributed by atoms with E-state index in [0.29, 0.717) is 40.5 Å². The number of fused-ring (bicyclic) bond motifs is 2. The maximum atomic E-state index is 12.3. The molecule has 0 saturated heterocycles. The van der Waals surface area contributed by atoms with Gasteiger partial charge in [0.2, 0.25) is 5.91 Å². The molecule has 29 heavy (non-hydrogen) atoms. The van der Waals surface area contributed by atoms with Crippen molar-refractivity contribution in [3.8, 4) is 5.75 Å². The SMILES string of the molecule is COc1ccccc1N(C(C)=O)c1nc(COC(=O)C[C@@H]2C[C@H]3CC[C@@H]2C3)cs1. The number of esters is 1. The molecule has 0 N–H and O–H groups in total. The Balaban J connectivity index is 1.39. The lowest BCUT2D eigenvalue weighted by Crippen LogP contribution is -2.23. The molecular formula is C22H26N2O4S. The molecule has 1 aromatic carbocycles. The van der Waals surface area contributed by atoms with Gasteiger partial charge < -0.3 is 9.47 Å². The predicted molar refractivity (Wildman–Crippen MR) is 111 cm³/mol. The van der Waals surface area contributed by atoms with Crippen LogP contribution < -0.4 is 9.64 Å². The van der Waals surface area contributed by atoms with Crippen LogP contribution in [0.3, 0.4) is 0 Å². The van der Waals surface area contributed by atoms with Gasteiger partial charge in [-0.05, 0) is 49.1 Å². The number of thiazole rings is 1. The van der Waals surface area contributed by atoms with Gasteiger partial charge in [0, 0.05) is 18.7 Å². The van der Waals surface area contributed by atoms with Crippen LogP contribution in [0.25, 0.3) is 0 Å². The van der Waals surface area contributed by atoms with Crippen LogP contribution in [0, 0.1) is 17.8 Å². The van der Waals surface area contributed by atoms with Gasteiger partial charge in [0.15, 0.2) is 5.13 Å². The van der Waals surface area contributed by atoms with Gasteiger partial charge in [-0.3, -0.25) is 14.5 Å². The number of aromatic nitrogens is 1. The van der Waals surface area contributed by atoms with Crippen molar-refractivity contribution < 1.29 is 19.1 Å². The molecule has 1 aromatic heterocycles. The van der Waals surface area contributed by atoms with Gasteiger partial charge >= 0.3 is 5.97 Å². The molecule has 2 aliphatic rings. The number of carbonyl (C=O) groups excluding carboxylic acids is 2. The highest BCUT2D eigenvalue weighted by Crippen LogP contribution is 2.49. The molecule has 4 rings (SSSR count). The smallest absolute Gasteiger partial charge is 0.306 e.